The van der Waals surface area contributed by atoms with Crippen LogP contribution in [0.3, 0.4) is 0 Å². The number of aryl methyl sites for hydroxylation is 1. The molecule has 0 atom stereocenters. The third-order valence-corrected chi connectivity index (χ3v) is 3.90. The van der Waals surface area contributed by atoms with Crippen molar-refractivity contribution in [3.63, 3.8) is 0 Å². The number of nitrogens with one attached hydrogen (secondary N) is 1. The maximum atomic E-state index is 13.2. The van der Waals surface area contributed by atoms with Crippen LogP contribution >= 0.6 is 11.3 Å². The highest BCUT2D eigenvalue weighted by molar-refractivity contribution is 7.11. The van der Waals surface area contributed by atoms with E-state index in [0.717, 1.165) is 28.4 Å². The fourth-order valence-corrected chi connectivity index (χ4v) is 2.45. The van der Waals surface area contributed by atoms with Crippen LogP contribution in [-0.4, -0.2) is 15.8 Å². The average Bonchev–Trinajstić information content (AvgIpc) is 2.93. The standard InChI is InChI=1S/C13H12FN3O3S/c1-2-9-6-15-12(21-9)7-16-13(18)8-3-4-10(14)11(5-8)17(19)20/h3-6H,2,7H2,1H3,(H,16,18). The molecular weight excluding hydrogens is 297 g/mol. The van der Waals surface area contributed by atoms with Crippen LogP contribution in [0.1, 0.15) is 27.2 Å². The molecule has 0 radical (unpaired) electrons. The second-order valence-corrected chi connectivity index (χ2v) is 5.38. The fourth-order valence-electron chi connectivity index (χ4n) is 1.64. The minimum Gasteiger partial charge on any atom is -0.346 e. The summed E-state index contributed by atoms with van der Waals surface area (Å²) in [5.41, 5.74) is -0.680. The number of aromatic nitrogens is 1. The molecule has 0 spiro atoms. The third-order valence-electron chi connectivity index (χ3n) is 2.76. The molecule has 0 aliphatic heterocycles. The first-order chi connectivity index (χ1) is 10.0. The lowest BCUT2D eigenvalue weighted by Gasteiger charge is -2.03. The summed E-state index contributed by atoms with van der Waals surface area (Å²) in [4.78, 5) is 26.9. The topological polar surface area (TPSA) is 85.1 Å². The zero-order valence-corrected chi connectivity index (χ0v) is 11.9. The summed E-state index contributed by atoms with van der Waals surface area (Å²) in [5.74, 6) is -1.48. The van der Waals surface area contributed by atoms with Gasteiger partial charge in [-0.3, -0.25) is 14.9 Å². The number of nitrogens with zero attached hydrogens (tertiary/aromatic N) is 2. The molecule has 0 aliphatic carbocycles. The van der Waals surface area contributed by atoms with Gasteiger partial charge in [0.25, 0.3) is 5.91 Å². The lowest BCUT2D eigenvalue weighted by Crippen LogP contribution is -2.22. The monoisotopic (exact) mass is 309 g/mol. The molecule has 1 amide bonds. The molecule has 0 saturated heterocycles. The van der Waals surface area contributed by atoms with Crippen molar-refractivity contribution in [3.05, 3.63) is 55.8 Å². The van der Waals surface area contributed by atoms with Crippen LogP contribution in [0.25, 0.3) is 0 Å². The molecule has 1 N–H and O–H groups in total. The smallest absolute Gasteiger partial charge is 0.305 e. The van der Waals surface area contributed by atoms with E-state index in [1.807, 2.05) is 6.92 Å². The summed E-state index contributed by atoms with van der Waals surface area (Å²) >= 11 is 1.49. The molecule has 0 fully saturated rings. The SMILES string of the molecule is CCc1cnc(CNC(=O)c2ccc(F)c([N+](=O)[O-])c2)s1. The molecular formula is C13H12FN3O3S. The van der Waals surface area contributed by atoms with Crippen molar-refractivity contribution >= 4 is 22.9 Å². The first-order valence-electron chi connectivity index (χ1n) is 6.17. The van der Waals surface area contributed by atoms with Gasteiger partial charge in [-0.1, -0.05) is 6.92 Å². The number of rotatable bonds is 5. The van der Waals surface area contributed by atoms with Crippen molar-refractivity contribution in [2.24, 2.45) is 0 Å². The molecule has 0 aliphatic rings. The van der Waals surface area contributed by atoms with E-state index < -0.39 is 22.3 Å². The zero-order chi connectivity index (χ0) is 15.4. The van der Waals surface area contributed by atoms with E-state index in [0.29, 0.717) is 0 Å². The van der Waals surface area contributed by atoms with E-state index in [4.69, 9.17) is 0 Å². The molecule has 8 heteroatoms. The molecule has 6 nitrogen and oxygen atoms in total. The number of amides is 1. The Balaban J connectivity index is 2.06. The highest BCUT2D eigenvalue weighted by Crippen LogP contribution is 2.19. The van der Waals surface area contributed by atoms with Crippen LogP contribution < -0.4 is 5.32 Å². The second kappa shape index (κ2) is 6.40. The number of carbonyl (C=O) groups is 1. The predicted molar refractivity (Wildman–Crippen MR) is 75.7 cm³/mol. The van der Waals surface area contributed by atoms with Gasteiger partial charge in [0.2, 0.25) is 5.82 Å². The summed E-state index contributed by atoms with van der Waals surface area (Å²) in [6.45, 7) is 2.24. The molecule has 1 aromatic heterocycles. The van der Waals surface area contributed by atoms with Crippen LogP contribution in [-0.2, 0) is 13.0 Å². The lowest BCUT2D eigenvalue weighted by molar-refractivity contribution is -0.387. The number of nitro benzene ring substituents is 1. The number of thiazole rings is 1. The maximum absolute atomic E-state index is 13.2. The molecule has 0 unspecified atom stereocenters. The summed E-state index contributed by atoms with van der Waals surface area (Å²) in [6, 6.07) is 3.03. The van der Waals surface area contributed by atoms with E-state index in [1.165, 1.54) is 17.4 Å². The number of halogens is 1. The number of hydrogen-bond donors (Lipinski definition) is 1. The lowest BCUT2D eigenvalue weighted by atomic mass is 10.2. The largest absolute Gasteiger partial charge is 0.346 e. The quantitative estimate of drug-likeness (QED) is 0.679. The Morgan fingerprint density at radius 3 is 2.90 bits per heavy atom. The van der Waals surface area contributed by atoms with Crippen LogP contribution in [0, 0.1) is 15.9 Å². The highest BCUT2D eigenvalue weighted by Gasteiger charge is 2.17. The Kier molecular flexibility index (Phi) is 4.59. The molecule has 1 aromatic carbocycles. The van der Waals surface area contributed by atoms with Gasteiger partial charge >= 0.3 is 5.69 Å². The van der Waals surface area contributed by atoms with Gasteiger partial charge in [0.15, 0.2) is 0 Å². The molecule has 21 heavy (non-hydrogen) atoms. The Hall–Kier alpha value is -2.35. The Morgan fingerprint density at radius 2 is 2.29 bits per heavy atom. The Bertz CT molecular complexity index is 687. The summed E-state index contributed by atoms with van der Waals surface area (Å²) < 4.78 is 13.2. The summed E-state index contributed by atoms with van der Waals surface area (Å²) in [5, 5.41) is 14.0. The fraction of sp³-hybridized carbons (Fsp3) is 0.231. The molecule has 2 aromatic rings. The van der Waals surface area contributed by atoms with E-state index >= 15 is 0 Å². The van der Waals surface area contributed by atoms with Gasteiger partial charge in [0, 0.05) is 22.7 Å². The van der Waals surface area contributed by atoms with Gasteiger partial charge in [-0.2, -0.15) is 4.39 Å². The predicted octanol–water partition coefficient (Wildman–Crippen LogP) is 2.68. The van der Waals surface area contributed by atoms with Crippen LogP contribution in [0.15, 0.2) is 24.4 Å². The Morgan fingerprint density at radius 1 is 1.52 bits per heavy atom. The van der Waals surface area contributed by atoms with Gasteiger partial charge in [-0.25, -0.2) is 4.98 Å². The second-order valence-electron chi connectivity index (χ2n) is 4.18. The maximum Gasteiger partial charge on any atom is 0.305 e. The van der Waals surface area contributed by atoms with Crippen LogP contribution in [0.5, 0.6) is 0 Å². The van der Waals surface area contributed by atoms with Crippen molar-refractivity contribution in [2.45, 2.75) is 19.9 Å². The highest BCUT2D eigenvalue weighted by atomic mass is 32.1. The number of hydrogen-bond acceptors (Lipinski definition) is 5. The number of carbonyl (C=O) groups excluding carboxylic acids is 1. The zero-order valence-electron chi connectivity index (χ0n) is 11.1. The first kappa shape index (κ1) is 15.0. The van der Waals surface area contributed by atoms with E-state index in [2.05, 4.69) is 10.3 Å². The van der Waals surface area contributed by atoms with Gasteiger partial charge in [-0.05, 0) is 18.6 Å². The van der Waals surface area contributed by atoms with Gasteiger partial charge < -0.3 is 5.32 Å². The normalized spacial score (nSPS) is 10.4. The van der Waals surface area contributed by atoms with Gasteiger partial charge in [0.1, 0.15) is 5.01 Å². The van der Waals surface area contributed by atoms with E-state index in [9.17, 15) is 19.3 Å². The van der Waals surface area contributed by atoms with E-state index in [1.54, 1.807) is 6.20 Å². The van der Waals surface area contributed by atoms with Crippen LogP contribution in [0.2, 0.25) is 0 Å². The van der Waals surface area contributed by atoms with Crippen LogP contribution in [0.4, 0.5) is 10.1 Å². The average molecular weight is 309 g/mol. The van der Waals surface area contributed by atoms with Crippen molar-refractivity contribution < 1.29 is 14.1 Å². The van der Waals surface area contributed by atoms with E-state index in [-0.39, 0.29) is 12.1 Å². The molecule has 0 bridgehead atoms. The minimum absolute atomic E-state index is 0.0374. The van der Waals surface area contributed by atoms with Crippen molar-refractivity contribution in [1.29, 1.82) is 0 Å². The summed E-state index contributed by atoms with van der Waals surface area (Å²) in [6.07, 6.45) is 2.62. The number of nitro groups is 1. The van der Waals surface area contributed by atoms with Crippen molar-refractivity contribution in [3.8, 4) is 0 Å². The first-order valence-corrected chi connectivity index (χ1v) is 6.98. The number of benzene rings is 1. The molecule has 110 valence electrons. The molecule has 2 rings (SSSR count). The minimum atomic E-state index is -0.968. The molecule has 0 saturated carbocycles. The van der Waals surface area contributed by atoms with Gasteiger partial charge in [0.05, 0.1) is 11.5 Å². The Labute approximate surface area is 123 Å². The van der Waals surface area contributed by atoms with Crippen molar-refractivity contribution in [1.82, 2.24) is 10.3 Å². The summed E-state index contributed by atoms with van der Waals surface area (Å²) in [7, 11) is 0. The molecule has 1 heterocycles. The van der Waals surface area contributed by atoms with Crippen molar-refractivity contribution in [2.75, 3.05) is 0 Å². The van der Waals surface area contributed by atoms with Gasteiger partial charge in [-0.15, -0.1) is 11.3 Å². The third kappa shape index (κ3) is 3.60.